The van der Waals surface area contributed by atoms with Crippen LogP contribution in [0.3, 0.4) is 0 Å². The van der Waals surface area contributed by atoms with Crippen LogP contribution in [0.4, 0.5) is 8.78 Å². The molecule has 1 rings (SSSR count). The number of esters is 1. The lowest BCUT2D eigenvalue weighted by molar-refractivity contribution is -0.142. The minimum absolute atomic E-state index is 0. The zero-order chi connectivity index (χ0) is 12.3. The first kappa shape index (κ1) is 15.6. The number of hydrogen-bond acceptors (Lipinski definition) is 4. The Bertz CT molecular complexity index is 392. The summed E-state index contributed by atoms with van der Waals surface area (Å²) >= 11 is 0. The van der Waals surface area contributed by atoms with Gasteiger partial charge < -0.3 is 15.6 Å². The Hall–Kier alpha value is -1.40. The highest BCUT2D eigenvalue weighted by atomic mass is 35.5. The maximum absolute atomic E-state index is 12.9. The summed E-state index contributed by atoms with van der Waals surface area (Å²) in [5.41, 5.74) is 5.59. The van der Waals surface area contributed by atoms with E-state index in [-0.39, 0.29) is 24.4 Å². The summed E-state index contributed by atoms with van der Waals surface area (Å²) in [6.45, 7) is 0. The van der Waals surface area contributed by atoms with E-state index in [1.54, 1.807) is 0 Å². The molecule has 0 aliphatic rings. The predicted octanol–water partition coefficient (Wildman–Crippen LogP) is 1.13. The maximum atomic E-state index is 12.9. The summed E-state index contributed by atoms with van der Waals surface area (Å²) in [6.07, 6.45) is -0.0687. The number of ether oxygens (including phenoxy) is 1. The molecule has 0 bridgehead atoms. The highest BCUT2D eigenvalue weighted by Gasteiger charge is 2.17. The summed E-state index contributed by atoms with van der Waals surface area (Å²) in [6, 6.07) is 0.843. The molecule has 0 unspecified atom stereocenters. The fourth-order valence-electron chi connectivity index (χ4n) is 1.22. The zero-order valence-electron chi connectivity index (χ0n) is 8.94. The smallest absolute Gasteiger partial charge is 0.322 e. The van der Waals surface area contributed by atoms with E-state index in [4.69, 9.17) is 10.8 Å². The zero-order valence-corrected chi connectivity index (χ0v) is 9.76. The Kier molecular flexibility index (Phi) is 5.84. The molecule has 0 aliphatic heterocycles. The molecule has 0 aromatic heterocycles. The van der Waals surface area contributed by atoms with Gasteiger partial charge in [-0.25, -0.2) is 8.78 Å². The number of nitrogens with two attached hydrogens (primary N) is 1. The van der Waals surface area contributed by atoms with Gasteiger partial charge in [0.15, 0.2) is 17.4 Å². The first-order chi connectivity index (χ1) is 7.45. The highest BCUT2D eigenvalue weighted by molar-refractivity contribution is 5.85. The molecule has 0 aliphatic carbocycles. The van der Waals surface area contributed by atoms with Crippen molar-refractivity contribution in [2.45, 2.75) is 12.5 Å². The topological polar surface area (TPSA) is 72.5 Å². The highest BCUT2D eigenvalue weighted by Crippen LogP contribution is 2.21. The molecule has 17 heavy (non-hydrogen) atoms. The molecule has 3 N–H and O–H groups in total. The lowest BCUT2D eigenvalue weighted by Gasteiger charge is -2.09. The van der Waals surface area contributed by atoms with E-state index >= 15 is 0 Å². The summed E-state index contributed by atoms with van der Waals surface area (Å²) in [5.74, 6) is -3.90. The molecule has 7 heteroatoms. The first-order valence-corrected chi connectivity index (χ1v) is 4.46. The van der Waals surface area contributed by atoms with Crippen molar-refractivity contribution in [3.8, 4) is 5.75 Å². The summed E-state index contributed by atoms with van der Waals surface area (Å²) in [7, 11) is 1.17. The van der Waals surface area contributed by atoms with Crippen LogP contribution in [-0.4, -0.2) is 24.2 Å². The molecule has 0 fully saturated rings. The monoisotopic (exact) mass is 267 g/mol. The first-order valence-electron chi connectivity index (χ1n) is 4.46. The lowest BCUT2D eigenvalue weighted by atomic mass is 10.1. The lowest BCUT2D eigenvalue weighted by Crippen LogP contribution is -2.33. The normalized spacial score (nSPS) is 11.5. The minimum Gasteiger partial charge on any atom is -0.503 e. The van der Waals surface area contributed by atoms with Crippen LogP contribution in [0.1, 0.15) is 5.56 Å². The van der Waals surface area contributed by atoms with Gasteiger partial charge in [0.2, 0.25) is 0 Å². The van der Waals surface area contributed by atoms with Crippen LogP contribution >= 0.6 is 12.4 Å². The molecule has 4 nitrogen and oxygen atoms in total. The number of carbonyl (C=O) groups is 1. The Labute approximate surface area is 103 Å². The molecule has 1 atom stereocenters. The molecule has 96 valence electrons. The molecule has 0 heterocycles. The van der Waals surface area contributed by atoms with Gasteiger partial charge in [-0.05, 0) is 24.1 Å². The van der Waals surface area contributed by atoms with E-state index in [1.165, 1.54) is 7.11 Å². The number of hydrogen-bond donors (Lipinski definition) is 2. The van der Waals surface area contributed by atoms with Gasteiger partial charge in [-0.2, -0.15) is 0 Å². The van der Waals surface area contributed by atoms with E-state index in [1.807, 2.05) is 0 Å². The molecule has 0 radical (unpaired) electrons. The number of aromatic hydroxyl groups is 1. The number of halogens is 3. The van der Waals surface area contributed by atoms with Gasteiger partial charge in [-0.1, -0.05) is 0 Å². The fourth-order valence-corrected chi connectivity index (χ4v) is 1.22. The Morgan fingerprint density at radius 2 is 1.94 bits per heavy atom. The second kappa shape index (κ2) is 6.36. The maximum Gasteiger partial charge on any atom is 0.322 e. The minimum atomic E-state index is -1.09. The molecule has 0 spiro atoms. The molecule has 0 saturated carbocycles. The van der Waals surface area contributed by atoms with Crippen molar-refractivity contribution in [2.75, 3.05) is 7.11 Å². The number of phenols is 1. The molecule has 0 saturated heterocycles. The van der Waals surface area contributed by atoms with Crippen molar-refractivity contribution >= 4 is 18.4 Å². The average Bonchev–Trinajstić information content (AvgIpc) is 2.24. The molecular formula is C10H12ClF2NO3. The predicted molar refractivity (Wildman–Crippen MR) is 59.0 cm³/mol. The van der Waals surface area contributed by atoms with Crippen LogP contribution in [0.5, 0.6) is 5.75 Å². The number of benzene rings is 1. The summed E-state index contributed by atoms with van der Waals surface area (Å²) < 4.78 is 30.2. The largest absolute Gasteiger partial charge is 0.503 e. The molecular weight excluding hydrogens is 256 g/mol. The second-order valence-corrected chi connectivity index (χ2v) is 3.24. The Morgan fingerprint density at radius 1 is 1.47 bits per heavy atom. The fraction of sp³-hybridized carbons (Fsp3) is 0.300. The number of methoxy groups -OCH3 is 1. The van der Waals surface area contributed by atoms with Crippen molar-refractivity contribution in [2.24, 2.45) is 5.73 Å². The van der Waals surface area contributed by atoms with Crippen LogP contribution in [0, 0.1) is 11.6 Å². The van der Waals surface area contributed by atoms with E-state index in [9.17, 15) is 13.6 Å². The summed E-state index contributed by atoms with van der Waals surface area (Å²) in [4.78, 5) is 11.0. The number of phenolic OH excluding ortho intramolecular Hbond substituents is 1. The quantitative estimate of drug-likeness (QED) is 0.806. The number of rotatable bonds is 3. The van der Waals surface area contributed by atoms with Crippen molar-refractivity contribution in [3.63, 3.8) is 0 Å². The van der Waals surface area contributed by atoms with E-state index in [0.717, 1.165) is 12.1 Å². The Morgan fingerprint density at radius 3 is 2.35 bits per heavy atom. The van der Waals surface area contributed by atoms with Gasteiger partial charge >= 0.3 is 5.97 Å². The van der Waals surface area contributed by atoms with E-state index in [0.29, 0.717) is 0 Å². The third-order valence-electron chi connectivity index (χ3n) is 2.04. The molecule has 1 aromatic carbocycles. The SMILES string of the molecule is COC(=O)[C@@H](N)Cc1cc(F)c(O)c(F)c1.Cl. The van der Waals surface area contributed by atoms with Crippen molar-refractivity contribution in [1.29, 1.82) is 0 Å². The molecule has 0 amide bonds. The van der Waals surface area contributed by atoms with Gasteiger partial charge in [0.25, 0.3) is 0 Å². The van der Waals surface area contributed by atoms with Gasteiger partial charge in [0, 0.05) is 0 Å². The van der Waals surface area contributed by atoms with Crippen LogP contribution in [0.2, 0.25) is 0 Å². The third kappa shape index (κ3) is 3.83. The average molecular weight is 268 g/mol. The van der Waals surface area contributed by atoms with Crippen LogP contribution < -0.4 is 5.73 Å². The summed E-state index contributed by atoms with van der Waals surface area (Å²) in [5, 5.41) is 8.85. The van der Waals surface area contributed by atoms with Crippen LogP contribution in [0.25, 0.3) is 0 Å². The van der Waals surface area contributed by atoms with Crippen LogP contribution in [-0.2, 0) is 16.0 Å². The third-order valence-corrected chi connectivity index (χ3v) is 2.04. The van der Waals surface area contributed by atoms with Gasteiger partial charge in [-0.15, -0.1) is 12.4 Å². The Balaban J connectivity index is 0.00000256. The van der Waals surface area contributed by atoms with Crippen molar-refractivity contribution in [1.82, 2.24) is 0 Å². The van der Waals surface area contributed by atoms with Gasteiger partial charge in [0.05, 0.1) is 7.11 Å². The van der Waals surface area contributed by atoms with E-state index < -0.39 is 29.4 Å². The standard InChI is InChI=1S/C10H11F2NO3.ClH/c1-16-10(15)8(13)4-5-2-6(11)9(14)7(12)3-5;/h2-3,8,14H,4,13H2,1H3;1H/t8-;/m0./s1. The van der Waals surface area contributed by atoms with E-state index in [2.05, 4.69) is 4.74 Å². The van der Waals surface area contributed by atoms with Gasteiger partial charge in [-0.3, -0.25) is 4.79 Å². The van der Waals surface area contributed by atoms with Crippen molar-refractivity contribution < 1.29 is 23.4 Å². The van der Waals surface area contributed by atoms with Gasteiger partial charge in [0.1, 0.15) is 6.04 Å². The van der Waals surface area contributed by atoms with Crippen molar-refractivity contribution in [3.05, 3.63) is 29.3 Å². The van der Waals surface area contributed by atoms with Crippen LogP contribution in [0.15, 0.2) is 12.1 Å². The number of carbonyl (C=O) groups excluding carboxylic acids is 1. The second-order valence-electron chi connectivity index (χ2n) is 3.24. The molecule has 1 aromatic rings.